The molecule has 0 fully saturated rings. The molecule has 0 aliphatic rings. The fourth-order valence-electron chi connectivity index (χ4n) is 1.94. The molecule has 0 atom stereocenters. The average Bonchev–Trinajstić information content (AvgIpc) is 2.48. The Balaban J connectivity index is 0.00000200. The maximum atomic E-state index is 5.29. The van der Waals surface area contributed by atoms with E-state index in [-0.39, 0.29) is 12.4 Å². The average molecular weight is 294 g/mol. The zero-order valence-electron chi connectivity index (χ0n) is 11.8. The summed E-state index contributed by atoms with van der Waals surface area (Å²) in [6.45, 7) is 1.66. The second-order valence-electron chi connectivity index (χ2n) is 4.28. The van der Waals surface area contributed by atoms with Gasteiger partial charge < -0.3 is 14.8 Å². The predicted molar refractivity (Wildman–Crippen MR) is 83.8 cm³/mol. The first-order valence-corrected chi connectivity index (χ1v) is 6.29. The first-order chi connectivity index (χ1) is 9.33. The Labute approximate surface area is 126 Å². The van der Waals surface area contributed by atoms with Crippen LogP contribution < -0.4 is 14.8 Å². The molecule has 0 saturated carbocycles. The van der Waals surface area contributed by atoms with Gasteiger partial charge in [0, 0.05) is 13.1 Å². The Bertz CT molecular complexity index is 517. The van der Waals surface area contributed by atoms with Crippen LogP contribution in [0, 0.1) is 0 Å². The standard InChI is InChI=1S/C16H19NO2.ClH/c1-18-15-9-8-14(10-16(15)19-2)12-17-11-13-6-4-3-5-7-13;/h3-10,17H,11-12H2,1-2H3;1H. The summed E-state index contributed by atoms with van der Waals surface area (Å²) in [5.41, 5.74) is 2.46. The zero-order valence-corrected chi connectivity index (χ0v) is 12.6. The van der Waals surface area contributed by atoms with Gasteiger partial charge in [-0.05, 0) is 23.3 Å². The minimum absolute atomic E-state index is 0. The van der Waals surface area contributed by atoms with Crippen LogP contribution in [-0.4, -0.2) is 14.2 Å². The van der Waals surface area contributed by atoms with E-state index in [1.807, 2.05) is 36.4 Å². The second kappa shape index (κ2) is 8.46. The van der Waals surface area contributed by atoms with Crippen molar-refractivity contribution in [2.45, 2.75) is 13.1 Å². The molecule has 0 spiro atoms. The molecule has 0 heterocycles. The molecular weight excluding hydrogens is 274 g/mol. The smallest absolute Gasteiger partial charge is 0.161 e. The summed E-state index contributed by atoms with van der Waals surface area (Å²) in [6, 6.07) is 16.3. The first-order valence-electron chi connectivity index (χ1n) is 6.29. The lowest BCUT2D eigenvalue weighted by Crippen LogP contribution is -2.12. The van der Waals surface area contributed by atoms with E-state index >= 15 is 0 Å². The lowest BCUT2D eigenvalue weighted by molar-refractivity contribution is 0.354. The molecule has 2 aromatic rings. The molecule has 0 aliphatic heterocycles. The Kier molecular flexibility index (Phi) is 6.91. The number of hydrogen-bond donors (Lipinski definition) is 1. The third-order valence-electron chi connectivity index (χ3n) is 2.95. The van der Waals surface area contributed by atoms with Crippen molar-refractivity contribution in [2.75, 3.05) is 14.2 Å². The van der Waals surface area contributed by atoms with Crippen LogP contribution in [0.2, 0.25) is 0 Å². The molecule has 0 saturated heterocycles. The van der Waals surface area contributed by atoms with Crippen LogP contribution in [0.1, 0.15) is 11.1 Å². The van der Waals surface area contributed by atoms with Gasteiger partial charge in [-0.2, -0.15) is 0 Å². The highest BCUT2D eigenvalue weighted by Gasteiger charge is 2.04. The SMILES string of the molecule is COc1ccc(CNCc2ccccc2)cc1OC.Cl. The number of nitrogens with one attached hydrogen (secondary N) is 1. The van der Waals surface area contributed by atoms with Crippen LogP contribution in [0.3, 0.4) is 0 Å². The number of benzene rings is 2. The molecule has 1 N–H and O–H groups in total. The van der Waals surface area contributed by atoms with Gasteiger partial charge in [0.25, 0.3) is 0 Å². The van der Waals surface area contributed by atoms with E-state index in [0.29, 0.717) is 0 Å². The maximum Gasteiger partial charge on any atom is 0.161 e. The van der Waals surface area contributed by atoms with Crippen molar-refractivity contribution in [1.29, 1.82) is 0 Å². The van der Waals surface area contributed by atoms with Crippen LogP contribution in [-0.2, 0) is 13.1 Å². The maximum absolute atomic E-state index is 5.29. The lowest BCUT2D eigenvalue weighted by atomic mass is 10.2. The van der Waals surface area contributed by atoms with Crippen molar-refractivity contribution in [3.8, 4) is 11.5 Å². The fraction of sp³-hybridized carbons (Fsp3) is 0.250. The molecule has 2 rings (SSSR count). The summed E-state index contributed by atoms with van der Waals surface area (Å²) in [4.78, 5) is 0. The van der Waals surface area contributed by atoms with E-state index in [0.717, 1.165) is 24.6 Å². The number of halogens is 1. The Hall–Kier alpha value is -1.71. The Morgan fingerprint density at radius 2 is 1.45 bits per heavy atom. The third-order valence-corrected chi connectivity index (χ3v) is 2.95. The molecule has 0 radical (unpaired) electrons. The van der Waals surface area contributed by atoms with Gasteiger partial charge in [-0.1, -0.05) is 36.4 Å². The molecule has 20 heavy (non-hydrogen) atoms. The largest absolute Gasteiger partial charge is 0.493 e. The van der Waals surface area contributed by atoms with Crippen molar-refractivity contribution >= 4 is 12.4 Å². The van der Waals surface area contributed by atoms with Gasteiger partial charge in [0.05, 0.1) is 14.2 Å². The highest BCUT2D eigenvalue weighted by molar-refractivity contribution is 5.85. The van der Waals surface area contributed by atoms with Crippen LogP contribution in [0.5, 0.6) is 11.5 Å². The molecule has 3 nitrogen and oxygen atoms in total. The lowest BCUT2D eigenvalue weighted by Gasteiger charge is -2.10. The molecule has 0 aliphatic carbocycles. The minimum atomic E-state index is 0. The quantitative estimate of drug-likeness (QED) is 0.885. The fourth-order valence-corrected chi connectivity index (χ4v) is 1.94. The van der Waals surface area contributed by atoms with Crippen LogP contribution in [0.4, 0.5) is 0 Å². The summed E-state index contributed by atoms with van der Waals surface area (Å²) in [5.74, 6) is 1.52. The van der Waals surface area contributed by atoms with E-state index < -0.39 is 0 Å². The monoisotopic (exact) mass is 293 g/mol. The van der Waals surface area contributed by atoms with Gasteiger partial charge in [0.1, 0.15) is 0 Å². The van der Waals surface area contributed by atoms with Crippen LogP contribution in [0.25, 0.3) is 0 Å². The van der Waals surface area contributed by atoms with Gasteiger partial charge in [0.15, 0.2) is 11.5 Å². The number of hydrogen-bond acceptors (Lipinski definition) is 3. The molecule has 0 aromatic heterocycles. The van der Waals surface area contributed by atoms with E-state index in [9.17, 15) is 0 Å². The summed E-state index contributed by atoms with van der Waals surface area (Å²) in [5, 5.41) is 3.41. The van der Waals surface area contributed by atoms with Gasteiger partial charge in [-0.15, -0.1) is 12.4 Å². The van der Waals surface area contributed by atoms with Gasteiger partial charge in [0.2, 0.25) is 0 Å². The van der Waals surface area contributed by atoms with Crippen LogP contribution in [0.15, 0.2) is 48.5 Å². The highest BCUT2D eigenvalue weighted by atomic mass is 35.5. The third kappa shape index (κ3) is 4.44. The van der Waals surface area contributed by atoms with E-state index in [1.54, 1.807) is 14.2 Å². The minimum Gasteiger partial charge on any atom is -0.493 e. The summed E-state index contributed by atoms with van der Waals surface area (Å²) in [6.07, 6.45) is 0. The number of rotatable bonds is 6. The molecule has 0 bridgehead atoms. The molecule has 4 heteroatoms. The molecule has 0 amide bonds. The Morgan fingerprint density at radius 3 is 2.10 bits per heavy atom. The van der Waals surface area contributed by atoms with Crippen LogP contribution >= 0.6 is 12.4 Å². The van der Waals surface area contributed by atoms with Gasteiger partial charge >= 0.3 is 0 Å². The second-order valence-corrected chi connectivity index (χ2v) is 4.28. The topological polar surface area (TPSA) is 30.5 Å². The summed E-state index contributed by atoms with van der Waals surface area (Å²) in [7, 11) is 3.30. The molecular formula is C16H20ClNO2. The number of ether oxygens (including phenoxy) is 2. The first kappa shape index (κ1) is 16.3. The Morgan fingerprint density at radius 1 is 0.800 bits per heavy atom. The van der Waals surface area contributed by atoms with Crippen molar-refractivity contribution in [1.82, 2.24) is 5.32 Å². The summed E-state index contributed by atoms with van der Waals surface area (Å²) < 4.78 is 10.5. The van der Waals surface area contributed by atoms with Crippen molar-refractivity contribution in [3.63, 3.8) is 0 Å². The predicted octanol–water partition coefficient (Wildman–Crippen LogP) is 3.42. The van der Waals surface area contributed by atoms with Crippen molar-refractivity contribution < 1.29 is 9.47 Å². The zero-order chi connectivity index (χ0) is 13.5. The van der Waals surface area contributed by atoms with Gasteiger partial charge in [-0.25, -0.2) is 0 Å². The van der Waals surface area contributed by atoms with E-state index in [4.69, 9.17) is 9.47 Å². The van der Waals surface area contributed by atoms with Crippen molar-refractivity contribution in [3.05, 3.63) is 59.7 Å². The molecule has 0 unspecified atom stereocenters. The van der Waals surface area contributed by atoms with E-state index in [1.165, 1.54) is 11.1 Å². The molecule has 108 valence electrons. The highest BCUT2D eigenvalue weighted by Crippen LogP contribution is 2.27. The normalized spacial score (nSPS) is 9.70. The summed E-state index contributed by atoms with van der Waals surface area (Å²) >= 11 is 0. The van der Waals surface area contributed by atoms with Crippen molar-refractivity contribution in [2.24, 2.45) is 0 Å². The molecule has 2 aromatic carbocycles. The van der Waals surface area contributed by atoms with Gasteiger partial charge in [-0.3, -0.25) is 0 Å². The number of methoxy groups -OCH3 is 2. The van der Waals surface area contributed by atoms with E-state index in [2.05, 4.69) is 17.4 Å².